The number of methoxy groups -OCH3 is 1. The molecule has 0 atom stereocenters. The van der Waals surface area contributed by atoms with Crippen LogP contribution in [0.15, 0.2) is 24.3 Å². The summed E-state index contributed by atoms with van der Waals surface area (Å²) >= 11 is 7.47. The molecule has 0 saturated heterocycles. The SMILES string of the molecule is COCCCNC(=O)CSCc1cccc(Cl)c1. The van der Waals surface area contributed by atoms with Crippen molar-refractivity contribution >= 4 is 29.3 Å². The molecule has 0 radical (unpaired) electrons. The van der Waals surface area contributed by atoms with Crippen LogP contribution in [0.2, 0.25) is 5.02 Å². The second-order valence-corrected chi connectivity index (χ2v) is 5.24. The van der Waals surface area contributed by atoms with Gasteiger partial charge in [0.25, 0.3) is 0 Å². The van der Waals surface area contributed by atoms with Crippen molar-refractivity contribution < 1.29 is 9.53 Å². The van der Waals surface area contributed by atoms with Gasteiger partial charge in [0, 0.05) is 31.0 Å². The Labute approximate surface area is 117 Å². The predicted octanol–water partition coefficient (Wildman–Crippen LogP) is 2.73. The van der Waals surface area contributed by atoms with E-state index in [1.807, 2.05) is 24.3 Å². The number of carbonyl (C=O) groups excluding carboxylic acids is 1. The monoisotopic (exact) mass is 287 g/mol. The van der Waals surface area contributed by atoms with Crippen molar-refractivity contribution in [2.45, 2.75) is 12.2 Å². The molecule has 0 saturated carbocycles. The Morgan fingerprint density at radius 1 is 1.50 bits per heavy atom. The second-order valence-electron chi connectivity index (χ2n) is 3.82. The molecular weight excluding hydrogens is 270 g/mol. The third kappa shape index (κ3) is 6.89. The molecule has 0 aliphatic rings. The summed E-state index contributed by atoms with van der Waals surface area (Å²) in [4.78, 5) is 11.5. The van der Waals surface area contributed by atoms with Gasteiger partial charge in [0.2, 0.25) is 5.91 Å². The number of carbonyl (C=O) groups is 1. The maximum Gasteiger partial charge on any atom is 0.230 e. The lowest BCUT2D eigenvalue weighted by Crippen LogP contribution is -2.26. The Morgan fingerprint density at radius 2 is 2.33 bits per heavy atom. The molecule has 1 amide bonds. The lowest BCUT2D eigenvalue weighted by Gasteiger charge is -2.05. The van der Waals surface area contributed by atoms with Crippen molar-refractivity contribution in [1.82, 2.24) is 5.32 Å². The van der Waals surface area contributed by atoms with Crippen molar-refractivity contribution in [3.8, 4) is 0 Å². The molecule has 0 unspecified atom stereocenters. The molecule has 0 aliphatic carbocycles. The fourth-order valence-electron chi connectivity index (χ4n) is 1.38. The minimum atomic E-state index is 0.0677. The van der Waals surface area contributed by atoms with Gasteiger partial charge in [-0.3, -0.25) is 4.79 Å². The van der Waals surface area contributed by atoms with Crippen molar-refractivity contribution in [3.05, 3.63) is 34.9 Å². The molecule has 1 N–H and O–H groups in total. The predicted molar refractivity (Wildman–Crippen MR) is 77.1 cm³/mol. The van der Waals surface area contributed by atoms with Crippen molar-refractivity contribution in [1.29, 1.82) is 0 Å². The van der Waals surface area contributed by atoms with Crippen LogP contribution in [-0.4, -0.2) is 31.9 Å². The van der Waals surface area contributed by atoms with Crippen LogP contribution in [0.4, 0.5) is 0 Å². The largest absolute Gasteiger partial charge is 0.385 e. The van der Waals surface area contributed by atoms with E-state index in [2.05, 4.69) is 5.32 Å². The van der Waals surface area contributed by atoms with Gasteiger partial charge in [-0.2, -0.15) is 0 Å². The standard InChI is InChI=1S/C13H18ClNO2S/c1-17-7-3-6-15-13(16)10-18-9-11-4-2-5-12(14)8-11/h2,4-5,8H,3,6-7,9-10H2,1H3,(H,15,16). The average molecular weight is 288 g/mol. The summed E-state index contributed by atoms with van der Waals surface area (Å²) in [5, 5.41) is 3.58. The van der Waals surface area contributed by atoms with Gasteiger partial charge >= 0.3 is 0 Å². The highest BCUT2D eigenvalue weighted by molar-refractivity contribution is 7.99. The summed E-state index contributed by atoms with van der Waals surface area (Å²) in [5.41, 5.74) is 1.14. The van der Waals surface area contributed by atoms with E-state index in [4.69, 9.17) is 16.3 Å². The number of hydrogen-bond acceptors (Lipinski definition) is 3. The summed E-state index contributed by atoms with van der Waals surface area (Å²) in [6.07, 6.45) is 0.848. The molecule has 5 heteroatoms. The molecule has 0 bridgehead atoms. The number of rotatable bonds is 8. The molecule has 0 aliphatic heterocycles. The summed E-state index contributed by atoms with van der Waals surface area (Å²) in [6, 6.07) is 7.70. The molecule has 1 aromatic carbocycles. The van der Waals surface area contributed by atoms with Gasteiger partial charge in [-0.05, 0) is 24.1 Å². The molecule has 1 rings (SSSR count). The zero-order chi connectivity index (χ0) is 13.2. The maximum atomic E-state index is 11.5. The van der Waals surface area contributed by atoms with Gasteiger partial charge in [0.05, 0.1) is 5.75 Å². The minimum Gasteiger partial charge on any atom is -0.385 e. The second kappa shape index (κ2) is 9.25. The maximum absolute atomic E-state index is 11.5. The van der Waals surface area contributed by atoms with Gasteiger partial charge in [0.15, 0.2) is 0 Å². The quantitative estimate of drug-likeness (QED) is 0.747. The Bertz CT molecular complexity index is 374. The van der Waals surface area contributed by atoms with Crippen molar-refractivity contribution in [2.75, 3.05) is 26.0 Å². The van der Waals surface area contributed by atoms with E-state index in [0.717, 1.165) is 22.8 Å². The molecule has 0 aromatic heterocycles. The normalized spacial score (nSPS) is 10.3. The van der Waals surface area contributed by atoms with Crippen LogP contribution in [0.5, 0.6) is 0 Å². The number of thioether (sulfide) groups is 1. The van der Waals surface area contributed by atoms with E-state index in [1.54, 1.807) is 18.9 Å². The van der Waals surface area contributed by atoms with Gasteiger partial charge in [0.1, 0.15) is 0 Å². The highest BCUT2D eigenvalue weighted by Crippen LogP contribution is 2.16. The van der Waals surface area contributed by atoms with Crippen LogP contribution in [0, 0.1) is 0 Å². The van der Waals surface area contributed by atoms with Gasteiger partial charge < -0.3 is 10.1 Å². The van der Waals surface area contributed by atoms with E-state index >= 15 is 0 Å². The Hall–Kier alpha value is -0.710. The van der Waals surface area contributed by atoms with Crippen molar-refractivity contribution in [3.63, 3.8) is 0 Å². The van der Waals surface area contributed by atoms with Crippen LogP contribution in [0.25, 0.3) is 0 Å². The number of halogens is 1. The molecule has 3 nitrogen and oxygen atoms in total. The molecule has 1 aromatic rings. The first-order chi connectivity index (χ1) is 8.72. The lowest BCUT2D eigenvalue weighted by atomic mass is 10.2. The summed E-state index contributed by atoms with van der Waals surface area (Å²) in [6.45, 7) is 1.35. The number of ether oxygens (including phenoxy) is 1. The number of hydrogen-bond donors (Lipinski definition) is 1. The molecule has 0 heterocycles. The molecule has 0 spiro atoms. The van der Waals surface area contributed by atoms with Crippen molar-refractivity contribution in [2.24, 2.45) is 0 Å². The smallest absolute Gasteiger partial charge is 0.230 e. The van der Waals surface area contributed by atoms with E-state index in [9.17, 15) is 4.79 Å². The summed E-state index contributed by atoms with van der Waals surface area (Å²) in [7, 11) is 1.66. The summed E-state index contributed by atoms with van der Waals surface area (Å²) < 4.78 is 4.90. The van der Waals surface area contributed by atoms with E-state index < -0.39 is 0 Å². The first-order valence-corrected chi connectivity index (χ1v) is 7.33. The number of benzene rings is 1. The fraction of sp³-hybridized carbons (Fsp3) is 0.462. The Kier molecular flexibility index (Phi) is 7.89. The zero-order valence-corrected chi connectivity index (χ0v) is 12.0. The van der Waals surface area contributed by atoms with Crippen LogP contribution < -0.4 is 5.32 Å². The van der Waals surface area contributed by atoms with Crippen LogP contribution >= 0.6 is 23.4 Å². The average Bonchev–Trinajstić information content (AvgIpc) is 2.35. The third-order valence-corrected chi connectivity index (χ3v) is 3.48. The van der Waals surface area contributed by atoms with Crippen LogP contribution in [0.1, 0.15) is 12.0 Å². The first-order valence-electron chi connectivity index (χ1n) is 5.80. The van der Waals surface area contributed by atoms with Gasteiger partial charge in [-0.15, -0.1) is 11.8 Å². The van der Waals surface area contributed by atoms with Crippen LogP contribution in [0.3, 0.4) is 0 Å². The number of nitrogens with one attached hydrogen (secondary N) is 1. The fourth-order valence-corrected chi connectivity index (χ4v) is 2.40. The molecule has 0 fully saturated rings. The molecule has 100 valence electrons. The third-order valence-electron chi connectivity index (χ3n) is 2.24. The molecule has 18 heavy (non-hydrogen) atoms. The van der Waals surface area contributed by atoms with Crippen LogP contribution in [-0.2, 0) is 15.3 Å². The topological polar surface area (TPSA) is 38.3 Å². The number of amides is 1. The van der Waals surface area contributed by atoms with E-state index in [1.165, 1.54) is 0 Å². The molecular formula is C13H18ClNO2S. The highest BCUT2D eigenvalue weighted by atomic mass is 35.5. The van der Waals surface area contributed by atoms with E-state index in [0.29, 0.717) is 18.9 Å². The lowest BCUT2D eigenvalue weighted by molar-refractivity contribution is -0.118. The zero-order valence-electron chi connectivity index (χ0n) is 10.4. The Morgan fingerprint density at radius 3 is 3.06 bits per heavy atom. The van der Waals surface area contributed by atoms with Gasteiger partial charge in [-0.25, -0.2) is 0 Å². The van der Waals surface area contributed by atoms with Gasteiger partial charge in [-0.1, -0.05) is 23.7 Å². The summed E-state index contributed by atoms with van der Waals surface area (Å²) in [5.74, 6) is 1.34. The minimum absolute atomic E-state index is 0.0677. The highest BCUT2D eigenvalue weighted by Gasteiger charge is 2.01. The van der Waals surface area contributed by atoms with E-state index in [-0.39, 0.29) is 5.91 Å². The Balaban J connectivity index is 2.12. The first kappa shape index (κ1) is 15.3.